The van der Waals surface area contributed by atoms with Crippen molar-refractivity contribution in [1.29, 1.82) is 0 Å². The van der Waals surface area contributed by atoms with Crippen molar-refractivity contribution in [3.8, 4) is 0 Å². The molecule has 0 radical (unpaired) electrons. The molecule has 0 amide bonds. The second-order valence-electron chi connectivity index (χ2n) is 4.25. The van der Waals surface area contributed by atoms with Crippen LogP contribution < -0.4 is 0 Å². The smallest absolute Gasteiger partial charge is 0.0691 e. The van der Waals surface area contributed by atoms with Crippen molar-refractivity contribution in [1.82, 2.24) is 0 Å². The van der Waals surface area contributed by atoms with Crippen LogP contribution in [0.15, 0.2) is 23.2 Å². The lowest BCUT2D eigenvalue weighted by Crippen LogP contribution is -1.94. The Bertz CT molecular complexity index is 298. The van der Waals surface area contributed by atoms with E-state index in [9.17, 15) is 0 Å². The van der Waals surface area contributed by atoms with E-state index < -0.39 is 0 Å². The number of rotatable bonds is 3. The highest BCUT2D eigenvalue weighted by atomic mass is 14.7. The minimum atomic E-state index is 0.509. The molecule has 0 heterocycles. The van der Waals surface area contributed by atoms with Gasteiger partial charge in [-0.25, -0.2) is 0 Å². The lowest BCUT2D eigenvalue weighted by molar-refractivity contribution is 0.835. The Kier molecular flexibility index (Phi) is 3.45. The summed E-state index contributed by atoms with van der Waals surface area (Å²) < 4.78 is 0. The molecule has 0 aromatic heterocycles. The Hall–Kier alpha value is -1.11. The Morgan fingerprint density at radius 3 is 1.71 bits per heavy atom. The number of nitrogens with zero attached hydrogens (tertiary/aromatic N) is 1. The third-order valence-corrected chi connectivity index (χ3v) is 2.50. The van der Waals surface area contributed by atoms with E-state index in [1.165, 1.54) is 11.1 Å². The molecular weight excluding hydrogens is 170 g/mol. The van der Waals surface area contributed by atoms with Crippen molar-refractivity contribution in [3.63, 3.8) is 0 Å². The first-order valence-electron chi connectivity index (χ1n) is 5.17. The highest BCUT2D eigenvalue weighted by Crippen LogP contribution is 2.33. The van der Waals surface area contributed by atoms with E-state index >= 15 is 0 Å². The molecule has 0 saturated carbocycles. The standard InChI is InChI=1S/C13H19N/c1-9(2)11-7-6-8-12(10(3)4)13(11)14-5/h6-10H,5H2,1-4H3. The Balaban J connectivity index is 3.32. The van der Waals surface area contributed by atoms with Crippen LogP contribution in [0.1, 0.15) is 50.7 Å². The second-order valence-corrected chi connectivity index (χ2v) is 4.25. The molecule has 1 aromatic rings. The molecule has 0 N–H and O–H groups in total. The summed E-state index contributed by atoms with van der Waals surface area (Å²) in [5, 5.41) is 0. The van der Waals surface area contributed by atoms with Crippen molar-refractivity contribution in [2.75, 3.05) is 0 Å². The summed E-state index contributed by atoms with van der Waals surface area (Å²) in [4.78, 5) is 4.16. The van der Waals surface area contributed by atoms with Crippen LogP contribution in [0.5, 0.6) is 0 Å². The maximum Gasteiger partial charge on any atom is 0.0691 e. The fourth-order valence-electron chi connectivity index (χ4n) is 1.69. The van der Waals surface area contributed by atoms with Crippen LogP contribution in [-0.2, 0) is 0 Å². The lowest BCUT2D eigenvalue weighted by atomic mass is 9.93. The number of benzene rings is 1. The predicted octanol–water partition coefficient (Wildman–Crippen LogP) is 4.27. The molecule has 0 spiro atoms. The van der Waals surface area contributed by atoms with Crippen LogP contribution >= 0.6 is 0 Å². The Morgan fingerprint density at radius 1 is 1.00 bits per heavy atom. The molecule has 0 aliphatic rings. The molecule has 0 unspecified atom stereocenters. The topological polar surface area (TPSA) is 12.4 Å². The van der Waals surface area contributed by atoms with Gasteiger partial charge in [-0.05, 0) is 29.7 Å². The van der Waals surface area contributed by atoms with Gasteiger partial charge in [0.1, 0.15) is 0 Å². The molecule has 0 aliphatic carbocycles. The maximum atomic E-state index is 4.16. The third-order valence-electron chi connectivity index (χ3n) is 2.50. The van der Waals surface area contributed by atoms with Crippen LogP contribution in [-0.4, -0.2) is 6.72 Å². The third kappa shape index (κ3) is 2.03. The summed E-state index contributed by atoms with van der Waals surface area (Å²) in [7, 11) is 0. The van der Waals surface area contributed by atoms with Gasteiger partial charge < -0.3 is 0 Å². The van der Waals surface area contributed by atoms with Gasteiger partial charge >= 0.3 is 0 Å². The van der Waals surface area contributed by atoms with E-state index in [-0.39, 0.29) is 0 Å². The summed E-state index contributed by atoms with van der Waals surface area (Å²) in [5.74, 6) is 1.02. The van der Waals surface area contributed by atoms with E-state index in [0.29, 0.717) is 11.8 Å². The number of hydrogen-bond donors (Lipinski definition) is 0. The number of para-hydroxylation sites is 1. The van der Waals surface area contributed by atoms with E-state index in [1.807, 2.05) is 0 Å². The van der Waals surface area contributed by atoms with Crippen LogP contribution in [0.25, 0.3) is 0 Å². The molecule has 76 valence electrons. The fraction of sp³-hybridized carbons (Fsp3) is 0.462. The number of aliphatic imine (C=N–C) groups is 1. The van der Waals surface area contributed by atoms with E-state index in [1.54, 1.807) is 0 Å². The zero-order valence-corrected chi connectivity index (χ0v) is 9.54. The van der Waals surface area contributed by atoms with Crippen molar-refractivity contribution >= 4 is 12.4 Å². The molecule has 0 bridgehead atoms. The first-order valence-corrected chi connectivity index (χ1v) is 5.17. The van der Waals surface area contributed by atoms with Gasteiger partial charge in [0.25, 0.3) is 0 Å². The zero-order chi connectivity index (χ0) is 10.7. The lowest BCUT2D eigenvalue weighted by Gasteiger charge is -2.15. The van der Waals surface area contributed by atoms with Crippen LogP contribution in [0.3, 0.4) is 0 Å². The second kappa shape index (κ2) is 4.41. The molecular formula is C13H19N. The molecule has 1 heteroatoms. The van der Waals surface area contributed by atoms with Gasteiger partial charge in [0.15, 0.2) is 0 Å². The summed E-state index contributed by atoms with van der Waals surface area (Å²) in [6, 6.07) is 6.39. The minimum Gasteiger partial charge on any atom is -0.264 e. The monoisotopic (exact) mass is 189 g/mol. The quantitative estimate of drug-likeness (QED) is 0.630. The van der Waals surface area contributed by atoms with Crippen LogP contribution in [0.2, 0.25) is 0 Å². The maximum absolute atomic E-state index is 4.16. The number of hydrogen-bond acceptors (Lipinski definition) is 1. The van der Waals surface area contributed by atoms with E-state index in [2.05, 4.69) is 57.6 Å². The predicted molar refractivity (Wildman–Crippen MR) is 63.8 cm³/mol. The molecule has 1 rings (SSSR count). The normalized spacial score (nSPS) is 11.0. The SMILES string of the molecule is C=Nc1c(C(C)C)cccc1C(C)C. The van der Waals surface area contributed by atoms with E-state index in [0.717, 1.165) is 5.69 Å². The first-order chi connectivity index (χ1) is 6.57. The molecule has 0 saturated heterocycles. The van der Waals surface area contributed by atoms with Gasteiger partial charge in [0.2, 0.25) is 0 Å². The van der Waals surface area contributed by atoms with Gasteiger partial charge in [0.05, 0.1) is 5.69 Å². The molecule has 1 aromatic carbocycles. The molecule has 14 heavy (non-hydrogen) atoms. The van der Waals surface area contributed by atoms with Gasteiger partial charge in [0, 0.05) is 0 Å². The highest BCUT2D eigenvalue weighted by Gasteiger charge is 2.11. The largest absolute Gasteiger partial charge is 0.264 e. The van der Waals surface area contributed by atoms with Crippen molar-refractivity contribution in [2.24, 2.45) is 4.99 Å². The average molecular weight is 189 g/mol. The summed E-state index contributed by atoms with van der Waals surface area (Å²) in [6.07, 6.45) is 0. The molecule has 1 nitrogen and oxygen atoms in total. The first kappa shape index (κ1) is 11.0. The Morgan fingerprint density at radius 2 is 1.43 bits per heavy atom. The van der Waals surface area contributed by atoms with Crippen LogP contribution in [0, 0.1) is 0 Å². The fourth-order valence-corrected chi connectivity index (χ4v) is 1.69. The molecule has 0 fully saturated rings. The van der Waals surface area contributed by atoms with Gasteiger partial charge in [-0.3, -0.25) is 4.99 Å². The molecule has 0 aliphatic heterocycles. The van der Waals surface area contributed by atoms with Gasteiger partial charge in [-0.2, -0.15) is 0 Å². The summed E-state index contributed by atoms with van der Waals surface area (Å²) in [6.45, 7) is 12.4. The van der Waals surface area contributed by atoms with Gasteiger partial charge in [-0.15, -0.1) is 0 Å². The highest BCUT2D eigenvalue weighted by molar-refractivity contribution is 5.59. The summed E-state index contributed by atoms with van der Waals surface area (Å²) >= 11 is 0. The summed E-state index contributed by atoms with van der Waals surface area (Å²) in [5.41, 5.74) is 3.68. The van der Waals surface area contributed by atoms with Gasteiger partial charge in [-0.1, -0.05) is 45.9 Å². The average Bonchev–Trinajstić information content (AvgIpc) is 2.16. The van der Waals surface area contributed by atoms with Crippen molar-refractivity contribution in [2.45, 2.75) is 39.5 Å². The van der Waals surface area contributed by atoms with E-state index in [4.69, 9.17) is 0 Å². The van der Waals surface area contributed by atoms with Crippen LogP contribution in [0.4, 0.5) is 5.69 Å². The van der Waals surface area contributed by atoms with Crippen molar-refractivity contribution in [3.05, 3.63) is 29.3 Å². The molecule has 0 atom stereocenters. The minimum absolute atomic E-state index is 0.509. The Labute approximate surface area is 86.9 Å². The van der Waals surface area contributed by atoms with Crippen molar-refractivity contribution < 1.29 is 0 Å². The zero-order valence-electron chi connectivity index (χ0n) is 9.54.